The molecule has 0 fully saturated rings. The minimum Gasteiger partial charge on any atom is -0.496 e. The number of anilines is 1. The standard InChI is InChI=1S/C19H23BrN2O3/c1-13-5-7-18(25-4)16(9-13)21-19(23)12-22(2)11-14-10-15(20)6-8-17(14)24-3/h5-10H,11-12H2,1-4H3,(H,21,23)/p+1. The molecule has 2 aromatic carbocycles. The Kier molecular flexibility index (Phi) is 6.84. The third-order valence-electron chi connectivity index (χ3n) is 3.83. The molecule has 5 nitrogen and oxygen atoms in total. The van der Waals surface area contributed by atoms with Gasteiger partial charge in [-0.1, -0.05) is 22.0 Å². The van der Waals surface area contributed by atoms with Crippen LogP contribution in [0.4, 0.5) is 5.69 Å². The molecule has 2 rings (SSSR count). The summed E-state index contributed by atoms with van der Waals surface area (Å²) in [5.41, 5.74) is 2.81. The summed E-state index contributed by atoms with van der Waals surface area (Å²) in [7, 11) is 5.23. The molecule has 0 aliphatic heterocycles. The summed E-state index contributed by atoms with van der Waals surface area (Å²) in [4.78, 5) is 13.4. The average molecular weight is 408 g/mol. The van der Waals surface area contributed by atoms with E-state index in [1.54, 1.807) is 14.2 Å². The van der Waals surface area contributed by atoms with Gasteiger partial charge in [0.05, 0.1) is 27.0 Å². The van der Waals surface area contributed by atoms with Gasteiger partial charge in [-0.2, -0.15) is 0 Å². The number of ether oxygens (including phenoxy) is 2. The summed E-state index contributed by atoms with van der Waals surface area (Å²) in [6.07, 6.45) is 0. The summed E-state index contributed by atoms with van der Waals surface area (Å²) in [5.74, 6) is 1.42. The molecule has 1 unspecified atom stereocenters. The van der Waals surface area contributed by atoms with Crippen molar-refractivity contribution in [2.24, 2.45) is 0 Å². The zero-order valence-corrected chi connectivity index (χ0v) is 16.6. The average Bonchev–Trinajstić information content (AvgIpc) is 2.55. The van der Waals surface area contributed by atoms with Crippen molar-refractivity contribution in [2.45, 2.75) is 13.5 Å². The van der Waals surface area contributed by atoms with Crippen molar-refractivity contribution in [3.05, 3.63) is 52.0 Å². The summed E-state index contributed by atoms with van der Waals surface area (Å²) in [6, 6.07) is 11.6. The molecule has 0 saturated carbocycles. The number of benzene rings is 2. The first kappa shape index (κ1) is 19.3. The number of nitrogens with one attached hydrogen (secondary N) is 2. The van der Waals surface area contributed by atoms with Gasteiger partial charge in [-0.25, -0.2) is 0 Å². The molecule has 25 heavy (non-hydrogen) atoms. The van der Waals surface area contributed by atoms with Crippen LogP contribution in [0, 0.1) is 6.92 Å². The summed E-state index contributed by atoms with van der Waals surface area (Å²) >= 11 is 3.48. The first-order valence-corrected chi connectivity index (χ1v) is 8.80. The predicted octanol–water partition coefficient (Wildman–Crippen LogP) is 2.43. The number of hydrogen-bond acceptors (Lipinski definition) is 3. The van der Waals surface area contributed by atoms with E-state index in [0.717, 1.165) is 26.2 Å². The highest BCUT2D eigenvalue weighted by Gasteiger charge is 2.15. The maximum absolute atomic E-state index is 12.4. The highest BCUT2D eigenvalue weighted by molar-refractivity contribution is 9.10. The molecule has 6 heteroatoms. The van der Waals surface area contributed by atoms with Gasteiger partial charge >= 0.3 is 0 Å². The van der Waals surface area contributed by atoms with E-state index in [-0.39, 0.29) is 5.91 Å². The van der Waals surface area contributed by atoms with Gasteiger partial charge in [0.15, 0.2) is 6.54 Å². The number of likely N-dealkylation sites (N-methyl/N-ethyl adjacent to an activating group) is 1. The van der Waals surface area contributed by atoms with Crippen molar-refractivity contribution in [3.63, 3.8) is 0 Å². The molecule has 0 radical (unpaired) electrons. The Labute approximate surface area is 157 Å². The van der Waals surface area contributed by atoms with E-state index < -0.39 is 0 Å². The summed E-state index contributed by atoms with van der Waals surface area (Å²) in [6.45, 7) is 3.00. The molecule has 134 valence electrons. The van der Waals surface area contributed by atoms with E-state index in [4.69, 9.17) is 9.47 Å². The van der Waals surface area contributed by atoms with E-state index in [9.17, 15) is 4.79 Å². The highest BCUT2D eigenvalue weighted by Crippen LogP contribution is 2.25. The lowest BCUT2D eigenvalue weighted by Crippen LogP contribution is -3.08. The van der Waals surface area contributed by atoms with Gasteiger partial charge in [-0.15, -0.1) is 0 Å². The van der Waals surface area contributed by atoms with Crippen LogP contribution in [0.2, 0.25) is 0 Å². The second-order valence-corrected chi connectivity index (χ2v) is 6.93. The van der Waals surface area contributed by atoms with Crippen molar-refractivity contribution in [3.8, 4) is 11.5 Å². The van der Waals surface area contributed by atoms with Crippen molar-refractivity contribution in [1.29, 1.82) is 0 Å². The van der Waals surface area contributed by atoms with Crippen molar-refractivity contribution in [2.75, 3.05) is 33.1 Å². The number of amides is 1. The first-order chi connectivity index (χ1) is 11.9. The SMILES string of the molecule is COc1ccc(Br)cc1C[NH+](C)CC(=O)Nc1cc(C)ccc1OC. The molecule has 0 aromatic heterocycles. The lowest BCUT2D eigenvalue weighted by atomic mass is 10.2. The van der Waals surface area contributed by atoms with Gasteiger partial charge in [-0.3, -0.25) is 4.79 Å². The van der Waals surface area contributed by atoms with Gasteiger partial charge in [0.1, 0.15) is 18.0 Å². The van der Waals surface area contributed by atoms with E-state index >= 15 is 0 Å². The topological polar surface area (TPSA) is 52.0 Å². The molecule has 2 N–H and O–H groups in total. The molecule has 0 bridgehead atoms. The normalized spacial score (nSPS) is 11.7. The monoisotopic (exact) mass is 407 g/mol. The Balaban J connectivity index is 2.01. The van der Waals surface area contributed by atoms with Crippen LogP contribution in [0.25, 0.3) is 0 Å². The van der Waals surface area contributed by atoms with Crippen LogP contribution in [0.5, 0.6) is 11.5 Å². The number of halogens is 1. The Bertz CT molecular complexity index is 749. The second-order valence-electron chi connectivity index (χ2n) is 6.02. The van der Waals surface area contributed by atoms with E-state index in [1.165, 1.54) is 0 Å². The molecule has 0 aliphatic carbocycles. The molecule has 1 atom stereocenters. The molecule has 0 heterocycles. The number of carbonyl (C=O) groups excluding carboxylic acids is 1. The Morgan fingerprint density at radius 2 is 1.80 bits per heavy atom. The number of methoxy groups -OCH3 is 2. The van der Waals surface area contributed by atoms with E-state index in [1.807, 2.05) is 50.4 Å². The van der Waals surface area contributed by atoms with Crippen molar-refractivity contribution >= 4 is 27.5 Å². The second kappa shape index (κ2) is 8.87. The van der Waals surface area contributed by atoms with Gasteiger partial charge < -0.3 is 19.7 Å². The number of carbonyl (C=O) groups is 1. The third kappa shape index (κ3) is 5.47. The number of aryl methyl sites for hydroxylation is 1. The molecule has 0 aliphatic rings. The lowest BCUT2D eigenvalue weighted by Gasteiger charge is -2.17. The fourth-order valence-corrected chi connectivity index (χ4v) is 3.07. The van der Waals surface area contributed by atoms with Crippen LogP contribution < -0.4 is 19.7 Å². The zero-order chi connectivity index (χ0) is 18.4. The minimum atomic E-state index is -0.0598. The number of hydrogen-bond donors (Lipinski definition) is 2. The van der Waals surface area contributed by atoms with Crippen molar-refractivity contribution < 1.29 is 19.2 Å². The van der Waals surface area contributed by atoms with Crippen LogP contribution in [-0.2, 0) is 11.3 Å². The van der Waals surface area contributed by atoms with E-state index in [0.29, 0.717) is 24.5 Å². The fraction of sp³-hybridized carbons (Fsp3) is 0.316. The predicted molar refractivity (Wildman–Crippen MR) is 103 cm³/mol. The van der Waals surface area contributed by atoms with Gasteiger partial charge in [-0.05, 0) is 42.8 Å². The van der Waals surface area contributed by atoms with Crippen LogP contribution in [-0.4, -0.2) is 33.7 Å². The quantitative estimate of drug-likeness (QED) is 0.740. The van der Waals surface area contributed by atoms with Crippen molar-refractivity contribution in [1.82, 2.24) is 0 Å². The van der Waals surface area contributed by atoms with Crippen LogP contribution in [0.15, 0.2) is 40.9 Å². The molecular weight excluding hydrogens is 384 g/mol. The maximum Gasteiger partial charge on any atom is 0.279 e. The number of quaternary nitrogens is 1. The summed E-state index contributed by atoms with van der Waals surface area (Å²) in [5, 5.41) is 2.93. The minimum absolute atomic E-state index is 0.0598. The van der Waals surface area contributed by atoms with Crippen LogP contribution in [0.1, 0.15) is 11.1 Å². The first-order valence-electron chi connectivity index (χ1n) is 8.01. The summed E-state index contributed by atoms with van der Waals surface area (Å²) < 4.78 is 11.7. The molecule has 2 aromatic rings. The smallest absolute Gasteiger partial charge is 0.279 e. The van der Waals surface area contributed by atoms with Crippen LogP contribution >= 0.6 is 15.9 Å². The number of rotatable bonds is 7. The van der Waals surface area contributed by atoms with Gasteiger partial charge in [0.2, 0.25) is 0 Å². The largest absolute Gasteiger partial charge is 0.496 e. The van der Waals surface area contributed by atoms with Crippen LogP contribution in [0.3, 0.4) is 0 Å². The Morgan fingerprint density at radius 1 is 1.12 bits per heavy atom. The molecule has 0 saturated heterocycles. The molecule has 0 spiro atoms. The molecule has 1 amide bonds. The van der Waals surface area contributed by atoms with Gasteiger partial charge in [0.25, 0.3) is 5.91 Å². The lowest BCUT2D eigenvalue weighted by molar-refractivity contribution is -0.885. The molecular formula is C19H24BrN2O3+. The fourth-order valence-electron chi connectivity index (χ4n) is 2.66. The third-order valence-corrected chi connectivity index (χ3v) is 4.32. The van der Waals surface area contributed by atoms with E-state index in [2.05, 4.69) is 21.2 Å². The van der Waals surface area contributed by atoms with Gasteiger partial charge in [0, 0.05) is 10.0 Å². The highest BCUT2D eigenvalue weighted by atomic mass is 79.9. The zero-order valence-electron chi connectivity index (χ0n) is 15.0. The Hall–Kier alpha value is -2.05. The maximum atomic E-state index is 12.4. The Morgan fingerprint density at radius 3 is 2.48 bits per heavy atom.